The van der Waals surface area contributed by atoms with Crippen LogP contribution in [-0.4, -0.2) is 37.2 Å². The minimum atomic E-state index is -0.761. The molecule has 6 heteroatoms. The average Bonchev–Trinajstić information content (AvgIpc) is 3.26. The van der Waals surface area contributed by atoms with E-state index in [0.29, 0.717) is 19.3 Å². The first-order chi connectivity index (χ1) is 29.9. The number of carbonyl (C=O) groups is 3. The lowest BCUT2D eigenvalue weighted by atomic mass is 9.99. The third-order valence-electron chi connectivity index (χ3n) is 12.9. The number of esters is 3. The Morgan fingerprint density at radius 3 is 0.852 bits per heavy atom. The van der Waals surface area contributed by atoms with Gasteiger partial charge < -0.3 is 14.2 Å². The van der Waals surface area contributed by atoms with Crippen LogP contribution in [0.15, 0.2) is 0 Å². The first-order valence-electron chi connectivity index (χ1n) is 27.4. The van der Waals surface area contributed by atoms with E-state index in [-0.39, 0.29) is 31.1 Å². The molecular formula is C55H106O6. The fourth-order valence-corrected chi connectivity index (χ4v) is 8.36. The fourth-order valence-electron chi connectivity index (χ4n) is 8.36. The van der Waals surface area contributed by atoms with Crippen LogP contribution >= 0.6 is 0 Å². The van der Waals surface area contributed by atoms with Crippen molar-refractivity contribution in [2.45, 2.75) is 316 Å². The summed E-state index contributed by atoms with van der Waals surface area (Å²) in [7, 11) is 0. The Balaban J connectivity index is 4.28. The van der Waals surface area contributed by atoms with Gasteiger partial charge in [0.15, 0.2) is 6.10 Å². The molecule has 362 valence electrons. The van der Waals surface area contributed by atoms with Crippen LogP contribution in [0.1, 0.15) is 310 Å². The molecule has 0 aromatic heterocycles. The van der Waals surface area contributed by atoms with E-state index < -0.39 is 6.10 Å². The summed E-state index contributed by atoms with van der Waals surface area (Å²) in [6, 6.07) is 0. The Morgan fingerprint density at radius 1 is 0.328 bits per heavy atom. The Kier molecular flexibility index (Phi) is 48.1. The zero-order valence-electron chi connectivity index (χ0n) is 41.6. The van der Waals surface area contributed by atoms with E-state index in [2.05, 4.69) is 27.7 Å². The van der Waals surface area contributed by atoms with Crippen molar-refractivity contribution in [3.8, 4) is 0 Å². The van der Waals surface area contributed by atoms with Gasteiger partial charge >= 0.3 is 17.9 Å². The maximum Gasteiger partial charge on any atom is 0.306 e. The minimum Gasteiger partial charge on any atom is -0.462 e. The molecule has 0 aliphatic rings. The second-order valence-corrected chi connectivity index (χ2v) is 19.1. The molecule has 0 spiro atoms. The summed E-state index contributed by atoms with van der Waals surface area (Å²) in [5, 5.41) is 0. The van der Waals surface area contributed by atoms with Crippen molar-refractivity contribution >= 4 is 17.9 Å². The molecule has 0 bridgehead atoms. The van der Waals surface area contributed by atoms with Crippen molar-refractivity contribution in [2.24, 2.45) is 5.92 Å². The molecule has 0 saturated heterocycles. The Hall–Kier alpha value is -1.59. The van der Waals surface area contributed by atoms with Gasteiger partial charge in [0, 0.05) is 19.3 Å². The first kappa shape index (κ1) is 59.4. The SMILES string of the molecule is CCCCCCCCCCCCCCCCCCCC(=O)OC[C@H](COC(=O)CCCCCCCCCCCCCCCC)OC(=O)CCCCCCCCCCC(C)CC. The van der Waals surface area contributed by atoms with Gasteiger partial charge in [-0.3, -0.25) is 14.4 Å². The Bertz CT molecular complexity index is 920. The van der Waals surface area contributed by atoms with Gasteiger partial charge in [0.05, 0.1) is 0 Å². The van der Waals surface area contributed by atoms with E-state index in [1.165, 1.54) is 205 Å². The molecule has 0 fully saturated rings. The van der Waals surface area contributed by atoms with Gasteiger partial charge in [-0.1, -0.05) is 272 Å². The van der Waals surface area contributed by atoms with Crippen LogP contribution in [0.25, 0.3) is 0 Å². The lowest BCUT2D eigenvalue weighted by Gasteiger charge is -2.18. The van der Waals surface area contributed by atoms with Crippen molar-refractivity contribution in [3.05, 3.63) is 0 Å². The van der Waals surface area contributed by atoms with Gasteiger partial charge in [-0.15, -0.1) is 0 Å². The van der Waals surface area contributed by atoms with Gasteiger partial charge in [0.25, 0.3) is 0 Å². The summed E-state index contributed by atoms with van der Waals surface area (Å²) in [4.78, 5) is 38.0. The van der Waals surface area contributed by atoms with Crippen molar-refractivity contribution < 1.29 is 28.6 Å². The van der Waals surface area contributed by atoms with Crippen molar-refractivity contribution in [1.82, 2.24) is 0 Å². The molecule has 0 amide bonds. The molecule has 0 aliphatic heterocycles. The third-order valence-corrected chi connectivity index (χ3v) is 12.9. The largest absolute Gasteiger partial charge is 0.462 e. The highest BCUT2D eigenvalue weighted by molar-refractivity contribution is 5.71. The third kappa shape index (κ3) is 47.7. The molecule has 0 saturated carbocycles. The molecule has 0 aromatic rings. The van der Waals surface area contributed by atoms with Gasteiger partial charge in [0.2, 0.25) is 0 Å². The van der Waals surface area contributed by atoms with Gasteiger partial charge in [-0.05, 0) is 25.2 Å². The van der Waals surface area contributed by atoms with Crippen LogP contribution in [0.5, 0.6) is 0 Å². The Morgan fingerprint density at radius 2 is 0.574 bits per heavy atom. The molecular weight excluding hydrogens is 757 g/mol. The van der Waals surface area contributed by atoms with Crippen LogP contribution in [0.4, 0.5) is 0 Å². The maximum absolute atomic E-state index is 12.8. The molecule has 0 aromatic carbocycles. The summed E-state index contributed by atoms with van der Waals surface area (Å²) in [5.41, 5.74) is 0. The van der Waals surface area contributed by atoms with Crippen LogP contribution in [0.2, 0.25) is 0 Å². The second kappa shape index (κ2) is 49.4. The molecule has 0 heterocycles. The van der Waals surface area contributed by atoms with E-state index in [0.717, 1.165) is 63.7 Å². The number of rotatable bonds is 50. The monoisotopic (exact) mass is 863 g/mol. The van der Waals surface area contributed by atoms with Crippen molar-refractivity contribution in [2.75, 3.05) is 13.2 Å². The smallest absolute Gasteiger partial charge is 0.306 e. The van der Waals surface area contributed by atoms with Crippen molar-refractivity contribution in [3.63, 3.8) is 0 Å². The summed E-state index contributed by atoms with van der Waals surface area (Å²) in [6.07, 6.45) is 52.3. The molecule has 2 atom stereocenters. The maximum atomic E-state index is 12.8. The molecule has 0 rings (SSSR count). The van der Waals surface area contributed by atoms with Crippen LogP contribution < -0.4 is 0 Å². The van der Waals surface area contributed by atoms with E-state index in [9.17, 15) is 14.4 Å². The fraction of sp³-hybridized carbons (Fsp3) is 0.945. The lowest BCUT2D eigenvalue weighted by Crippen LogP contribution is -2.30. The topological polar surface area (TPSA) is 78.9 Å². The molecule has 1 unspecified atom stereocenters. The Labute approximate surface area is 380 Å². The van der Waals surface area contributed by atoms with Crippen LogP contribution in [0, 0.1) is 5.92 Å². The van der Waals surface area contributed by atoms with E-state index in [1.807, 2.05) is 0 Å². The quantitative estimate of drug-likeness (QED) is 0.0344. The van der Waals surface area contributed by atoms with E-state index in [4.69, 9.17) is 14.2 Å². The van der Waals surface area contributed by atoms with Gasteiger partial charge in [-0.2, -0.15) is 0 Å². The van der Waals surface area contributed by atoms with Crippen molar-refractivity contribution in [1.29, 1.82) is 0 Å². The zero-order chi connectivity index (χ0) is 44.5. The molecule has 6 nitrogen and oxygen atoms in total. The highest BCUT2D eigenvalue weighted by atomic mass is 16.6. The van der Waals surface area contributed by atoms with Crippen LogP contribution in [0.3, 0.4) is 0 Å². The van der Waals surface area contributed by atoms with Gasteiger partial charge in [-0.25, -0.2) is 0 Å². The summed E-state index contributed by atoms with van der Waals surface area (Å²) in [6.45, 7) is 9.05. The predicted octanol–water partition coefficient (Wildman–Crippen LogP) is 17.8. The number of hydrogen-bond acceptors (Lipinski definition) is 6. The standard InChI is InChI=1S/C55H106O6/c1-5-8-10-12-14-16-18-20-22-23-24-26-28-30-35-39-43-47-54(57)60-50-52(61-55(58)48-44-40-36-32-31-33-37-41-45-51(4)7-3)49-59-53(56)46-42-38-34-29-27-25-21-19-17-15-13-11-9-6-2/h51-52H,5-50H2,1-4H3/t51?,52-/m0/s1. The van der Waals surface area contributed by atoms with Crippen LogP contribution in [-0.2, 0) is 28.6 Å². The lowest BCUT2D eigenvalue weighted by molar-refractivity contribution is -0.167. The first-order valence-corrected chi connectivity index (χ1v) is 27.4. The highest BCUT2D eigenvalue weighted by Gasteiger charge is 2.19. The molecule has 0 aliphatic carbocycles. The normalized spacial score (nSPS) is 12.4. The molecule has 61 heavy (non-hydrogen) atoms. The average molecular weight is 863 g/mol. The second-order valence-electron chi connectivity index (χ2n) is 19.1. The summed E-state index contributed by atoms with van der Waals surface area (Å²) >= 11 is 0. The zero-order valence-corrected chi connectivity index (χ0v) is 41.6. The molecule has 0 radical (unpaired) electrons. The highest BCUT2D eigenvalue weighted by Crippen LogP contribution is 2.18. The predicted molar refractivity (Wildman–Crippen MR) is 261 cm³/mol. The number of carbonyl (C=O) groups excluding carboxylic acids is 3. The minimum absolute atomic E-state index is 0.0628. The number of unbranched alkanes of at least 4 members (excludes halogenated alkanes) is 36. The molecule has 0 N–H and O–H groups in total. The summed E-state index contributed by atoms with van der Waals surface area (Å²) in [5.74, 6) is 0.00302. The number of ether oxygens (including phenoxy) is 3. The van der Waals surface area contributed by atoms with E-state index in [1.54, 1.807) is 0 Å². The number of hydrogen-bond donors (Lipinski definition) is 0. The summed E-state index contributed by atoms with van der Waals surface area (Å²) < 4.78 is 16.8. The van der Waals surface area contributed by atoms with E-state index >= 15 is 0 Å². The van der Waals surface area contributed by atoms with Gasteiger partial charge in [0.1, 0.15) is 13.2 Å².